The van der Waals surface area contributed by atoms with Crippen LogP contribution in [0.2, 0.25) is 0 Å². The first-order valence-corrected chi connectivity index (χ1v) is 6.10. The SMILES string of the molecule is N#CCCNCc1ccccc1CNCCC#N. The predicted octanol–water partition coefficient (Wildman–Crippen LogP) is 1.69. The summed E-state index contributed by atoms with van der Waals surface area (Å²) in [4.78, 5) is 0. The first-order chi connectivity index (χ1) is 8.88. The van der Waals surface area contributed by atoms with Gasteiger partial charge in [-0.2, -0.15) is 10.5 Å². The number of nitrogens with one attached hydrogen (secondary N) is 2. The molecule has 0 aliphatic carbocycles. The Kier molecular flexibility index (Phi) is 7.23. The van der Waals surface area contributed by atoms with E-state index in [1.54, 1.807) is 0 Å². The standard InChI is InChI=1S/C14H18N4/c15-7-3-9-17-11-13-5-1-2-6-14(13)12-18-10-4-8-16/h1-2,5-6,17-18H,3-4,9-12H2. The lowest BCUT2D eigenvalue weighted by molar-refractivity contribution is 0.667. The summed E-state index contributed by atoms with van der Waals surface area (Å²) in [6, 6.07) is 12.4. The lowest BCUT2D eigenvalue weighted by atomic mass is 10.1. The van der Waals surface area contributed by atoms with Crippen molar-refractivity contribution in [1.29, 1.82) is 10.5 Å². The van der Waals surface area contributed by atoms with Crippen LogP contribution in [0.1, 0.15) is 24.0 Å². The van der Waals surface area contributed by atoms with Crippen molar-refractivity contribution in [3.63, 3.8) is 0 Å². The third kappa shape index (κ3) is 5.45. The van der Waals surface area contributed by atoms with Gasteiger partial charge in [0.15, 0.2) is 0 Å². The Labute approximate surface area is 108 Å². The highest BCUT2D eigenvalue weighted by atomic mass is 14.9. The van der Waals surface area contributed by atoms with Gasteiger partial charge < -0.3 is 10.6 Å². The monoisotopic (exact) mass is 242 g/mol. The molecule has 0 heterocycles. The third-order valence-corrected chi connectivity index (χ3v) is 2.58. The molecule has 0 unspecified atom stereocenters. The Bertz CT molecular complexity index is 387. The molecule has 0 fully saturated rings. The number of benzene rings is 1. The van der Waals surface area contributed by atoms with Crippen molar-refractivity contribution in [2.45, 2.75) is 25.9 Å². The number of nitriles is 2. The molecular formula is C14H18N4. The fourth-order valence-electron chi connectivity index (χ4n) is 1.64. The zero-order chi connectivity index (χ0) is 13.1. The summed E-state index contributed by atoms with van der Waals surface area (Å²) in [6.45, 7) is 2.98. The summed E-state index contributed by atoms with van der Waals surface area (Å²) in [5.74, 6) is 0. The van der Waals surface area contributed by atoms with Crippen LogP contribution in [-0.4, -0.2) is 13.1 Å². The summed E-state index contributed by atoms with van der Waals surface area (Å²) in [6.07, 6.45) is 1.06. The van der Waals surface area contributed by atoms with E-state index in [4.69, 9.17) is 10.5 Å². The normalized spacial score (nSPS) is 9.67. The summed E-state index contributed by atoms with van der Waals surface area (Å²) >= 11 is 0. The summed E-state index contributed by atoms with van der Waals surface area (Å²) in [7, 11) is 0. The molecule has 0 amide bonds. The van der Waals surface area contributed by atoms with E-state index in [9.17, 15) is 0 Å². The number of rotatable bonds is 8. The second-order valence-corrected chi connectivity index (χ2v) is 3.94. The van der Waals surface area contributed by atoms with Gasteiger partial charge in [-0.3, -0.25) is 0 Å². The maximum atomic E-state index is 8.46. The molecule has 0 bridgehead atoms. The predicted molar refractivity (Wildman–Crippen MR) is 70.3 cm³/mol. The van der Waals surface area contributed by atoms with Gasteiger partial charge in [0.1, 0.15) is 0 Å². The molecule has 4 nitrogen and oxygen atoms in total. The van der Waals surface area contributed by atoms with Gasteiger partial charge in [-0.05, 0) is 11.1 Å². The van der Waals surface area contributed by atoms with Gasteiger partial charge in [0.2, 0.25) is 0 Å². The molecule has 18 heavy (non-hydrogen) atoms. The van der Waals surface area contributed by atoms with E-state index < -0.39 is 0 Å². The van der Waals surface area contributed by atoms with E-state index in [0.717, 1.165) is 13.1 Å². The van der Waals surface area contributed by atoms with Crippen LogP contribution < -0.4 is 10.6 Å². The topological polar surface area (TPSA) is 71.6 Å². The van der Waals surface area contributed by atoms with Crippen LogP contribution in [0.5, 0.6) is 0 Å². The highest BCUT2D eigenvalue weighted by Crippen LogP contribution is 2.08. The van der Waals surface area contributed by atoms with Crippen molar-refractivity contribution in [2.24, 2.45) is 0 Å². The maximum absolute atomic E-state index is 8.46. The molecule has 0 aliphatic heterocycles. The average molecular weight is 242 g/mol. The zero-order valence-electron chi connectivity index (χ0n) is 10.4. The van der Waals surface area contributed by atoms with Gasteiger partial charge in [0.25, 0.3) is 0 Å². The highest BCUT2D eigenvalue weighted by molar-refractivity contribution is 5.26. The fraction of sp³-hybridized carbons (Fsp3) is 0.429. The molecule has 0 saturated carbocycles. The molecule has 4 heteroatoms. The summed E-state index contributed by atoms with van der Waals surface area (Å²) in [5.41, 5.74) is 2.47. The minimum Gasteiger partial charge on any atom is -0.312 e. The second-order valence-electron chi connectivity index (χ2n) is 3.94. The van der Waals surface area contributed by atoms with Crippen LogP contribution in [0.3, 0.4) is 0 Å². The highest BCUT2D eigenvalue weighted by Gasteiger charge is 2.00. The van der Waals surface area contributed by atoms with Gasteiger partial charge in [-0.15, -0.1) is 0 Å². The lowest BCUT2D eigenvalue weighted by Gasteiger charge is -2.10. The summed E-state index contributed by atoms with van der Waals surface area (Å²) < 4.78 is 0. The van der Waals surface area contributed by atoms with Crippen LogP contribution >= 0.6 is 0 Å². The van der Waals surface area contributed by atoms with Gasteiger partial charge in [0, 0.05) is 39.0 Å². The molecule has 1 rings (SSSR count). The Morgan fingerprint density at radius 3 is 1.67 bits per heavy atom. The zero-order valence-corrected chi connectivity index (χ0v) is 10.4. The first kappa shape index (κ1) is 14.2. The molecule has 0 radical (unpaired) electrons. The van der Waals surface area contributed by atoms with Crippen molar-refractivity contribution >= 4 is 0 Å². The maximum Gasteiger partial charge on any atom is 0.0635 e. The largest absolute Gasteiger partial charge is 0.312 e. The summed E-state index contributed by atoms with van der Waals surface area (Å²) in [5, 5.41) is 23.4. The fourth-order valence-corrected chi connectivity index (χ4v) is 1.64. The van der Waals surface area contributed by atoms with Crippen LogP contribution in [0, 0.1) is 22.7 Å². The molecule has 94 valence electrons. The molecule has 0 atom stereocenters. The van der Waals surface area contributed by atoms with E-state index in [0.29, 0.717) is 25.9 Å². The molecule has 1 aromatic rings. The van der Waals surface area contributed by atoms with E-state index in [-0.39, 0.29) is 0 Å². The Morgan fingerprint density at radius 2 is 1.28 bits per heavy atom. The van der Waals surface area contributed by atoms with E-state index in [1.165, 1.54) is 11.1 Å². The molecule has 2 N–H and O–H groups in total. The number of hydrogen-bond acceptors (Lipinski definition) is 4. The first-order valence-electron chi connectivity index (χ1n) is 6.10. The van der Waals surface area contributed by atoms with E-state index >= 15 is 0 Å². The van der Waals surface area contributed by atoms with Crippen molar-refractivity contribution in [3.8, 4) is 12.1 Å². The molecule has 0 aliphatic rings. The van der Waals surface area contributed by atoms with E-state index in [1.807, 2.05) is 12.1 Å². The molecule has 0 aromatic heterocycles. The van der Waals surface area contributed by atoms with Crippen molar-refractivity contribution in [1.82, 2.24) is 10.6 Å². The van der Waals surface area contributed by atoms with Crippen molar-refractivity contribution in [3.05, 3.63) is 35.4 Å². The van der Waals surface area contributed by atoms with E-state index in [2.05, 4.69) is 34.9 Å². The Morgan fingerprint density at radius 1 is 0.833 bits per heavy atom. The molecule has 0 saturated heterocycles. The van der Waals surface area contributed by atoms with Crippen molar-refractivity contribution < 1.29 is 0 Å². The van der Waals surface area contributed by atoms with Gasteiger partial charge in [-0.25, -0.2) is 0 Å². The number of hydrogen-bond donors (Lipinski definition) is 2. The van der Waals surface area contributed by atoms with Crippen LogP contribution in [0.4, 0.5) is 0 Å². The number of nitrogens with zero attached hydrogens (tertiary/aromatic N) is 2. The lowest BCUT2D eigenvalue weighted by Crippen LogP contribution is -2.19. The third-order valence-electron chi connectivity index (χ3n) is 2.58. The van der Waals surface area contributed by atoms with Crippen LogP contribution in [0.15, 0.2) is 24.3 Å². The minimum absolute atomic E-state index is 0.530. The van der Waals surface area contributed by atoms with Gasteiger partial charge in [0.05, 0.1) is 12.1 Å². The molecule has 1 aromatic carbocycles. The Hall–Kier alpha value is -1.88. The second kappa shape index (κ2) is 9.18. The smallest absolute Gasteiger partial charge is 0.0635 e. The average Bonchev–Trinajstić information content (AvgIpc) is 2.41. The van der Waals surface area contributed by atoms with Crippen molar-refractivity contribution in [2.75, 3.05) is 13.1 Å². The molecule has 0 spiro atoms. The van der Waals surface area contributed by atoms with Crippen LogP contribution in [-0.2, 0) is 13.1 Å². The minimum atomic E-state index is 0.530. The van der Waals surface area contributed by atoms with Crippen LogP contribution in [0.25, 0.3) is 0 Å². The van der Waals surface area contributed by atoms with Gasteiger partial charge in [-0.1, -0.05) is 24.3 Å². The molecular weight excluding hydrogens is 224 g/mol. The Balaban J connectivity index is 2.41. The van der Waals surface area contributed by atoms with Gasteiger partial charge >= 0.3 is 0 Å². The quantitative estimate of drug-likeness (QED) is 0.680.